The van der Waals surface area contributed by atoms with Gasteiger partial charge in [0, 0.05) is 18.1 Å². The summed E-state index contributed by atoms with van der Waals surface area (Å²) < 4.78 is 13.8. The molecule has 2 fully saturated rings. The molecule has 5 heteroatoms. The number of phenols is 1. The molecule has 2 aliphatic rings. The number of benzene rings is 1. The number of carbonyl (C=O) groups is 1. The van der Waals surface area contributed by atoms with Gasteiger partial charge in [0.1, 0.15) is 17.1 Å². The van der Waals surface area contributed by atoms with E-state index in [9.17, 15) is 14.3 Å². The Labute approximate surface area is 116 Å². The minimum atomic E-state index is -0.760. The standard InChI is InChI=1S/C14H15ClFNO2/c15-9-6-10(16)12(11(18)7-9)13(19)17-5-4-14(8-17)2-1-3-14/h6-7,18H,1-5,8H2. The van der Waals surface area contributed by atoms with Crippen LogP contribution in [0.25, 0.3) is 0 Å². The van der Waals surface area contributed by atoms with Gasteiger partial charge in [-0.2, -0.15) is 0 Å². The van der Waals surface area contributed by atoms with Crippen molar-refractivity contribution >= 4 is 17.5 Å². The van der Waals surface area contributed by atoms with E-state index < -0.39 is 11.7 Å². The first kappa shape index (κ1) is 12.7. The van der Waals surface area contributed by atoms with Crippen LogP contribution in [0.2, 0.25) is 5.02 Å². The molecule has 0 radical (unpaired) electrons. The summed E-state index contributed by atoms with van der Waals surface area (Å²) in [6, 6.07) is 2.26. The van der Waals surface area contributed by atoms with Crippen LogP contribution in [0, 0.1) is 11.2 Å². The van der Waals surface area contributed by atoms with Crippen LogP contribution in [-0.2, 0) is 0 Å². The van der Waals surface area contributed by atoms with E-state index in [0.717, 1.165) is 25.3 Å². The summed E-state index contributed by atoms with van der Waals surface area (Å²) >= 11 is 5.64. The third kappa shape index (κ3) is 2.08. The highest BCUT2D eigenvalue weighted by atomic mass is 35.5. The van der Waals surface area contributed by atoms with Crippen LogP contribution in [0.4, 0.5) is 4.39 Å². The van der Waals surface area contributed by atoms with Gasteiger partial charge in [-0.15, -0.1) is 0 Å². The van der Waals surface area contributed by atoms with E-state index in [-0.39, 0.29) is 21.8 Å². The molecule has 1 aliphatic heterocycles. The molecule has 0 atom stereocenters. The van der Waals surface area contributed by atoms with Crippen LogP contribution < -0.4 is 0 Å². The van der Waals surface area contributed by atoms with Gasteiger partial charge in [0.2, 0.25) is 0 Å². The number of nitrogens with zero attached hydrogens (tertiary/aromatic N) is 1. The Morgan fingerprint density at radius 3 is 2.63 bits per heavy atom. The van der Waals surface area contributed by atoms with E-state index in [1.807, 2.05) is 0 Å². The zero-order valence-electron chi connectivity index (χ0n) is 10.5. The average molecular weight is 284 g/mol. The smallest absolute Gasteiger partial charge is 0.260 e. The summed E-state index contributed by atoms with van der Waals surface area (Å²) in [6.07, 6.45) is 4.48. The fourth-order valence-electron chi connectivity index (χ4n) is 3.12. The Balaban J connectivity index is 1.85. The lowest BCUT2D eigenvalue weighted by molar-refractivity contribution is 0.0724. The van der Waals surface area contributed by atoms with Crippen LogP contribution in [-0.4, -0.2) is 29.0 Å². The zero-order valence-corrected chi connectivity index (χ0v) is 11.2. The highest BCUT2D eigenvalue weighted by Gasteiger charge is 2.44. The van der Waals surface area contributed by atoms with Crippen molar-refractivity contribution in [1.82, 2.24) is 4.90 Å². The van der Waals surface area contributed by atoms with Crippen LogP contribution >= 0.6 is 11.6 Å². The number of rotatable bonds is 1. The molecule has 3 nitrogen and oxygen atoms in total. The van der Waals surface area contributed by atoms with Crippen molar-refractivity contribution in [3.05, 3.63) is 28.5 Å². The third-order valence-electron chi connectivity index (χ3n) is 4.39. The highest BCUT2D eigenvalue weighted by Crippen LogP contribution is 2.48. The monoisotopic (exact) mass is 283 g/mol. The number of phenolic OH excluding ortho intramolecular Hbond substituents is 1. The molecule has 102 valence electrons. The first-order valence-corrected chi connectivity index (χ1v) is 6.86. The second-order valence-electron chi connectivity index (χ2n) is 5.61. The quantitative estimate of drug-likeness (QED) is 0.860. The maximum absolute atomic E-state index is 13.8. The minimum absolute atomic E-state index is 0.0865. The van der Waals surface area contributed by atoms with Gasteiger partial charge in [0.25, 0.3) is 5.91 Å². The Morgan fingerprint density at radius 2 is 2.11 bits per heavy atom. The molecule has 0 bridgehead atoms. The van der Waals surface area contributed by atoms with Crippen molar-refractivity contribution in [2.75, 3.05) is 13.1 Å². The number of hydrogen-bond acceptors (Lipinski definition) is 2. The summed E-state index contributed by atoms with van der Waals surface area (Å²) in [5.41, 5.74) is -0.00506. The van der Waals surface area contributed by atoms with Crippen LogP contribution in [0.1, 0.15) is 36.0 Å². The molecular weight excluding hydrogens is 269 g/mol. The Kier molecular flexibility index (Phi) is 2.93. The van der Waals surface area contributed by atoms with E-state index in [2.05, 4.69) is 0 Å². The number of halogens is 2. The van der Waals surface area contributed by atoms with Gasteiger partial charge in [-0.05, 0) is 36.8 Å². The van der Waals surface area contributed by atoms with Crippen molar-refractivity contribution in [3.8, 4) is 5.75 Å². The summed E-state index contributed by atoms with van der Waals surface area (Å²) in [5, 5.41) is 9.82. The Hall–Kier alpha value is -1.29. The molecule has 1 spiro atoms. The zero-order chi connectivity index (χ0) is 13.6. The molecule has 3 rings (SSSR count). The van der Waals surface area contributed by atoms with Gasteiger partial charge in [-0.25, -0.2) is 4.39 Å². The van der Waals surface area contributed by atoms with Crippen molar-refractivity contribution in [2.24, 2.45) is 5.41 Å². The second kappa shape index (κ2) is 4.37. The number of carbonyl (C=O) groups excluding carboxylic acids is 1. The maximum atomic E-state index is 13.8. The average Bonchev–Trinajstić information content (AvgIpc) is 2.71. The summed E-state index contributed by atoms with van der Waals surface area (Å²) in [4.78, 5) is 14.0. The first-order valence-electron chi connectivity index (χ1n) is 6.48. The lowest BCUT2D eigenvalue weighted by atomic mass is 9.68. The summed E-state index contributed by atoms with van der Waals surface area (Å²) in [7, 11) is 0. The lowest BCUT2D eigenvalue weighted by Gasteiger charge is -2.37. The summed E-state index contributed by atoms with van der Waals surface area (Å²) in [6.45, 7) is 1.31. The second-order valence-corrected chi connectivity index (χ2v) is 6.05. The topological polar surface area (TPSA) is 40.5 Å². The molecule has 1 aromatic rings. The van der Waals surface area contributed by atoms with Gasteiger partial charge in [0.05, 0.1) is 0 Å². The van der Waals surface area contributed by atoms with E-state index in [0.29, 0.717) is 13.1 Å². The molecule has 1 aliphatic carbocycles. The van der Waals surface area contributed by atoms with Crippen LogP contribution in [0.3, 0.4) is 0 Å². The predicted molar refractivity (Wildman–Crippen MR) is 69.9 cm³/mol. The number of hydrogen-bond donors (Lipinski definition) is 1. The number of aromatic hydroxyl groups is 1. The number of amides is 1. The van der Waals surface area contributed by atoms with Crippen molar-refractivity contribution in [3.63, 3.8) is 0 Å². The lowest BCUT2D eigenvalue weighted by Crippen LogP contribution is -2.36. The molecule has 0 unspecified atom stereocenters. The fraction of sp³-hybridized carbons (Fsp3) is 0.500. The fourth-order valence-corrected chi connectivity index (χ4v) is 3.32. The first-order chi connectivity index (χ1) is 9.01. The summed E-state index contributed by atoms with van der Waals surface area (Å²) in [5.74, 6) is -1.58. The van der Waals surface area contributed by atoms with Gasteiger partial charge < -0.3 is 10.0 Å². The molecule has 1 aromatic carbocycles. The van der Waals surface area contributed by atoms with Crippen LogP contribution in [0.15, 0.2) is 12.1 Å². The number of likely N-dealkylation sites (tertiary alicyclic amines) is 1. The van der Waals surface area contributed by atoms with Crippen LogP contribution in [0.5, 0.6) is 5.75 Å². The molecule has 1 saturated carbocycles. The largest absolute Gasteiger partial charge is 0.507 e. The molecule has 0 aromatic heterocycles. The minimum Gasteiger partial charge on any atom is -0.507 e. The van der Waals surface area contributed by atoms with Gasteiger partial charge in [0.15, 0.2) is 0 Å². The maximum Gasteiger partial charge on any atom is 0.260 e. The Bertz CT molecular complexity index is 519. The van der Waals surface area contributed by atoms with Gasteiger partial charge in [-0.3, -0.25) is 4.79 Å². The molecule has 1 N–H and O–H groups in total. The van der Waals surface area contributed by atoms with Crippen molar-refractivity contribution < 1.29 is 14.3 Å². The highest BCUT2D eigenvalue weighted by molar-refractivity contribution is 6.30. The molecule has 1 heterocycles. The van der Waals surface area contributed by atoms with E-state index in [1.165, 1.54) is 12.5 Å². The van der Waals surface area contributed by atoms with Crippen molar-refractivity contribution in [2.45, 2.75) is 25.7 Å². The normalized spacial score (nSPS) is 20.6. The van der Waals surface area contributed by atoms with E-state index >= 15 is 0 Å². The SMILES string of the molecule is O=C(c1c(O)cc(Cl)cc1F)N1CCC2(CCC2)C1. The molecule has 1 saturated heterocycles. The van der Waals surface area contributed by atoms with Crippen molar-refractivity contribution in [1.29, 1.82) is 0 Å². The van der Waals surface area contributed by atoms with Gasteiger partial charge >= 0.3 is 0 Å². The predicted octanol–water partition coefficient (Wildman–Crippen LogP) is 3.20. The van der Waals surface area contributed by atoms with E-state index in [4.69, 9.17) is 11.6 Å². The Morgan fingerprint density at radius 1 is 1.37 bits per heavy atom. The van der Waals surface area contributed by atoms with Gasteiger partial charge in [-0.1, -0.05) is 18.0 Å². The molecule has 1 amide bonds. The third-order valence-corrected chi connectivity index (χ3v) is 4.61. The molecular formula is C14H15ClFNO2. The van der Waals surface area contributed by atoms with E-state index in [1.54, 1.807) is 4.90 Å². The molecule has 19 heavy (non-hydrogen) atoms.